The number of hydrogen-bond acceptors (Lipinski definition) is 4. The number of nitrogens with one attached hydrogen (secondary N) is 1. The molecule has 2 amide bonds. The third-order valence-corrected chi connectivity index (χ3v) is 4.88. The molecule has 6 nitrogen and oxygen atoms in total. The molecule has 1 heterocycles. The number of carbonyl (C=O) groups excluding carboxylic acids is 1. The summed E-state index contributed by atoms with van der Waals surface area (Å²) in [5.74, 6) is 0.887. The number of nitrogens with zero attached hydrogens (tertiary/aromatic N) is 2. The fourth-order valence-corrected chi connectivity index (χ4v) is 3.28. The van der Waals surface area contributed by atoms with Crippen molar-refractivity contribution in [3.63, 3.8) is 0 Å². The van der Waals surface area contributed by atoms with Gasteiger partial charge in [0.2, 0.25) is 0 Å². The van der Waals surface area contributed by atoms with Gasteiger partial charge < -0.3 is 14.8 Å². The van der Waals surface area contributed by atoms with E-state index in [1.807, 2.05) is 24.3 Å². The van der Waals surface area contributed by atoms with Crippen LogP contribution >= 0.6 is 11.6 Å². The highest BCUT2D eigenvalue weighted by molar-refractivity contribution is 6.30. The Morgan fingerprint density at radius 3 is 2.54 bits per heavy atom. The number of hydrazone groups is 1. The zero-order valence-corrected chi connectivity index (χ0v) is 16.8. The molecule has 148 valence electrons. The highest BCUT2D eigenvalue weighted by Gasteiger charge is 2.30. The number of carbonyl (C=O) groups is 1. The van der Waals surface area contributed by atoms with Crippen molar-refractivity contribution in [1.29, 1.82) is 0 Å². The first kappa shape index (κ1) is 20.2. The lowest BCUT2D eigenvalue weighted by Gasteiger charge is -2.15. The topological polar surface area (TPSA) is 63.2 Å². The Kier molecular flexibility index (Phi) is 6.90. The van der Waals surface area contributed by atoms with E-state index in [0.29, 0.717) is 23.9 Å². The van der Waals surface area contributed by atoms with Crippen molar-refractivity contribution in [1.82, 2.24) is 5.01 Å². The largest absolute Gasteiger partial charge is 0.497 e. The third-order valence-electron chi connectivity index (χ3n) is 4.63. The Balaban J connectivity index is 1.74. The highest BCUT2D eigenvalue weighted by atomic mass is 35.5. The van der Waals surface area contributed by atoms with Crippen molar-refractivity contribution in [3.05, 3.63) is 59.1 Å². The average Bonchev–Trinajstić information content (AvgIpc) is 3.14. The van der Waals surface area contributed by atoms with E-state index in [4.69, 9.17) is 21.1 Å². The van der Waals surface area contributed by atoms with Crippen LogP contribution in [0.15, 0.2) is 53.6 Å². The van der Waals surface area contributed by atoms with Crippen LogP contribution in [0.3, 0.4) is 0 Å². The minimum Gasteiger partial charge on any atom is -0.497 e. The minimum atomic E-state index is -0.258. The summed E-state index contributed by atoms with van der Waals surface area (Å²) < 4.78 is 10.3. The van der Waals surface area contributed by atoms with E-state index in [9.17, 15) is 4.79 Å². The van der Waals surface area contributed by atoms with Gasteiger partial charge in [0.25, 0.3) is 0 Å². The summed E-state index contributed by atoms with van der Waals surface area (Å²) in [7, 11) is 3.30. The minimum absolute atomic E-state index is 0.151. The molecule has 0 saturated heterocycles. The van der Waals surface area contributed by atoms with Gasteiger partial charge in [0.05, 0.1) is 19.4 Å². The maximum atomic E-state index is 12.7. The summed E-state index contributed by atoms with van der Waals surface area (Å²) in [5, 5.41) is 9.66. The second kappa shape index (κ2) is 9.57. The fraction of sp³-hybridized carbons (Fsp3) is 0.333. The molecule has 0 aromatic heterocycles. The van der Waals surface area contributed by atoms with Crippen LogP contribution in [0.25, 0.3) is 0 Å². The summed E-state index contributed by atoms with van der Waals surface area (Å²) in [4.78, 5) is 12.7. The van der Waals surface area contributed by atoms with Gasteiger partial charge >= 0.3 is 6.03 Å². The van der Waals surface area contributed by atoms with Crippen LogP contribution < -0.4 is 10.1 Å². The molecule has 3 rings (SSSR count). The smallest absolute Gasteiger partial charge is 0.342 e. The molecule has 7 heteroatoms. The molecule has 0 bridgehead atoms. The molecule has 28 heavy (non-hydrogen) atoms. The number of methoxy groups -OCH3 is 2. The van der Waals surface area contributed by atoms with Crippen LogP contribution in [0.2, 0.25) is 5.02 Å². The molecule has 2 aromatic rings. The van der Waals surface area contributed by atoms with Crippen LogP contribution in [0, 0.1) is 5.92 Å². The number of hydrogen-bond donors (Lipinski definition) is 1. The standard InChI is InChI=1S/C21H24ClN3O3/c1-27-13-3-4-16-14-25(24-20(16)15-5-7-17(22)8-6-15)21(26)23-18-9-11-19(28-2)12-10-18/h5-12,16H,3-4,13-14H2,1-2H3,(H,23,26). The predicted octanol–water partition coefficient (Wildman–Crippen LogP) is 4.64. The van der Waals surface area contributed by atoms with Gasteiger partial charge in [-0.15, -0.1) is 0 Å². The lowest BCUT2D eigenvalue weighted by molar-refractivity contribution is 0.187. The molecule has 2 aromatic carbocycles. The van der Waals surface area contributed by atoms with Gasteiger partial charge in [-0.25, -0.2) is 9.80 Å². The maximum Gasteiger partial charge on any atom is 0.342 e. The van der Waals surface area contributed by atoms with Gasteiger partial charge in [0.1, 0.15) is 5.75 Å². The number of anilines is 1. The van der Waals surface area contributed by atoms with E-state index in [1.54, 1.807) is 38.5 Å². The Bertz CT molecular complexity index is 822. The quantitative estimate of drug-likeness (QED) is 0.687. The van der Waals surface area contributed by atoms with E-state index in [0.717, 1.165) is 29.9 Å². The summed E-state index contributed by atoms with van der Waals surface area (Å²) in [5.41, 5.74) is 2.57. The Labute approximate surface area is 170 Å². The van der Waals surface area contributed by atoms with Crippen molar-refractivity contribution < 1.29 is 14.3 Å². The van der Waals surface area contributed by atoms with Gasteiger partial charge in [-0.3, -0.25) is 0 Å². The molecule has 0 aliphatic carbocycles. The SMILES string of the molecule is COCCCC1CN(C(=O)Nc2ccc(OC)cc2)N=C1c1ccc(Cl)cc1. The van der Waals surface area contributed by atoms with Crippen molar-refractivity contribution in [2.45, 2.75) is 12.8 Å². The van der Waals surface area contributed by atoms with Crippen LogP contribution in [-0.4, -0.2) is 44.1 Å². The number of amides is 2. The van der Waals surface area contributed by atoms with Crippen molar-refractivity contribution in [2.24, 2.45) is 11.0 Å². The van der Waals surface area contributed by atoms with Gasteiger partial charge in [-0.2, -0.15) is 5.10 Å². The normalized spacial score (nSPS) is 16.0. The monoisotopic (exact) mass is 401 g/mol. The van der Waals surface area contributed by atoms with Gasteiger partial charge in [-0.05, 0) is 54.8 Å². The molecule has 0 radical (unpaired) electrons. The molecule has 1 aliphatic heterocycles. The molecule has 1 atom stereocenters. The molecule has 0 fully saturated rings. The van der Waals surface area contributed by atoms with Crippen LogP contribution in [0.4, 0.5) is 10.5 Å². The molecule has 1 aliphatic rings. The van der Waals surface area contributed by atoms with Crippen LogP contribution in [0.1, 0.15) is 18.4 Å². The average molecular weight is 402 g/mol. The lowest BCUT2D eigenvalue weighted by atomic mass is 9.93. The number of benzene rings is 2. The Hall–Kier alpha value is -2.57. The zero-order valence-electron chi connectivity index (χ0n) is 16.0. The third kappa shape index (κ3) is 5.03. The summed E-state index contributed by atoms with van der Waals surface area (Å²) in [6.45, 7) is 1.21. The van der Waals surface area contributed by atoms with E-state index in [-0.39, 0.29) is 11.9 Å². The van der Waals surface area contributed by atoms with Crippen LogP contribution in [-0.2, 0) is 4.74 Å². The number of ether oxygens (including phenoxy) is 2. The lowest BCUT2D eigenvalue weighted by Crippen LogP contribution is -2.30. The molecular formula is C21H24ClN3O3. The molecule has 1 N–H and O–H groups in total. The molecular weight excluding hydrogens is 378 g/mol. The first-order valence-electron chi connectivity index (χ1n) is 9.16. The number of halogens is 1. The fourth-order valence-electron chi connectivity index (χ4n) is 3.15. The summed E-state index contributed by atoms with van der Waals surface area (Å²) in [6.07, 6.45) is 1.79. The second-order valence-electron chi connectivity index (χ2n) is 6.56. The zero-order chi connectivity index (χ0) is 19.9. The summed E-state index contributed by atoms with van der Waals surface area (Å²) >= 11 is 6.01. The van der Waals surface area contributed by atoms with E-state index in [2.05, 4.69) is 10.4 Å². The predicted molar refractivity (Wildman–Crippen MR) is 111 cm³/mol. The molecule has 0 spiro atoms. The van der Waals surface area contributed by atoms with Crippen molar-refractivity contribution in [2.75, 3.05) is 32.7 Å². The number of rotatable bonds is 7. The first-order valence-corrected chi connectivity index (χ1v) is 9.54. The van der Waals surface area contributed by atoms with Gasteiger partial charge in [0, 0.05) is 30.3 Å². The van der Waals surface area contributed by atoms with Crippen molar-refractivity contribution in [3.8, 4) is 5.75 Å². The van der Waals surface area contributed by atoms with E-state index in [1.165, 1.54) is 5.01 Å². The van der Waals surface area contributed by atoms with E-state index < -0.39 is 0 Å². The second-order valence-corrected chi connectivity index (χ2v) is 7.00. The Morgan fingerprint density at radius 1 is 1.18 bits per heavy atom. The van der Waals surface area contributed by atoms with Crippen LogP contribution in [0.5, 0.6) is 5.75 Å². The molecule has 0 saturated carbocycles. The van der Waals surface area contributed by atoms with Gasteiger partial charge in [0.15, 0.2) is 0 Å². The first-order chi connectivity index (χ1) is 13.6. The molecule has 1 unspecified atom stereocenters. The Morgan fingerprint density at radius 2 is 1.89 bits per heavy atom. The number of urea groups is 1. The van der Waals surface area contributed by atoms with Gasteiger partial charge in [-0.1, -0.05) is 23.7 Å². The summed E-state index contributed by atoms with van der Waals surface area (Å²) in [6, 6.07) is 14.5. The highest BCUT2D eigenvalue weighted by Crippen LogP contribution is 2.25. The van der Waals surface area contributed by atoms with Crippen molar-refractivity contribution >= 4 is 29.0 Å². The van der Waals surface area contributed by atoms with E-state index >= 15 is 0 Å². The maximum absolute atomic E-state index is 12.7.